The summed E-state index contributed by atoms with van der Waals surface area (Å²) < 4.78 is 5.92. The van der Waals surface area contributed by atoms with Crippen molar-refractivity contribution < 1.29 is 9.53 Å². The lowest BCUT2D eigenvalue weighted by atomic mass is 10.0. The Morgan fingerprint density at radius 2 is 1.73 bits per heavy atom. The van der Waals surface area contributed by atoms with Gasteiger partial charge in [0.25, 0.3) is 0 Å². The zero-order valence-corrected chi connectivity index (χ0v) is 18.0. The number of nitriles is 1. The van der Waals surface area contributed by atoms with Crippen molar-refractivity contribution in [2.75, 3.05) is 40.8 Å². The number of nitrogens with zero attached hydrogens (tertiary/aromatic N) is 4. The van der Waals surface area contributed by atoms with Gasteiger partial charge in [-0.2, -0.15) is 5.26 Å². The molecular formula is C24H30N4O2. The number of amides is 2. The molecule has 0 radical (unpaired) electrons. The van der Waals surface area contributed by atoms with Crippen molar-refractivity contribution in [3.8, 4) is 22.9 Å². The second kappa shape index (κ2) is 10.1. The van der Waals surface area contributed by atoms with E-state index < -0.39 is 0 Å². The van der Waals surface area contributed by atoms with Gasteiger partial charge in [-0.05, 0) is 54.7 Å². The maximum absolute atomic E-state index is 12.2. The third-order valence-electron chi connectivity index (χ3n) is 5.52. The van der Waals surface area contributed by atoms with Crippen molar-refractivity contribution in [3.63, 3.8) is 0 Å². The Labute approximate surface area is 179 Å². The first kappa shape index (κ1) is 21.7. The molecule has 1 aliphatic heterocycles. The first-order valence-electron chi connectivity index (χ1n) is 10.4. The molecule has 1 aliphatic rings. The zero-order valence-electron chi connectivity index (χ0n) is 18.0. The molecule has 158 valence electrons. The fraction of sp³-hybridized carbons (Fsp3) is 0.417. The Morgan fingerprint density at radius 3 is 2.33 bits per heavy atom. The molecule has 0 aliphatic carbocycles. The van der Waals surface area contributed by atoms with E-state index in [4.69, 9.17) is 10.00 Å². The minimum atomic E-state index is 0.0468. The molecule has 1 fully saturated rings. The summed E-state index contributed by atoms with van der Waals surface area (Å²) in [6, 6.07) is 17.8. The highest BCUT2D eigenvalue weighted by Gasteiger charge is 2.30. The van der Waals surface area contributed by atoms with Crippen LogP contribution in [0.3, 0.4) is 0 Å². The molecule has 1 heterocycles. The number of carbonyl (C=O) groups is 1. The Kier molecular flexibility index (Phi) is 7.31. The summed E-state index contributed by atoms with van der Waals surface area (Å²) in [6.45, 7) is 2.58. The minimum absolute atomic E-state index is 0.0468. The molecule has 6 nitrogen and oxygen atoms in total. The SMILES string of the molecule is CN(C)C(=O)N(C)C1CCCN1CCCOc1ccc(-c2ccc(C#N)cc2)cc1. The Morgan fingerprint density at radius 1 is 1.10 bits per heavy atom. The minimum Gasteiger partial charge on any atom is -0.494 e. The van der Waals surface area contributed by atoms with Gasteiger partial charge in [0.2, 0.25) is 0 Å². The highest BCUT2D eigenvalue weighted by atomic mass is 16.5. The van der Waals surface area contributed by atoms with Gasteiger partial charge >= 0.3 is 6.03 Å². The van der Waals surface area contributed by atoms with E-state index in [1.165, 1.54) is 0 Å². The lowest BCUT2D eigenvalue weighted by Gasteiger charge is -2.34. The predicted octanol–water partition coefficient (Wildman–Crippen LogP) is 4.03. The quantitative estimate of drug-likeness (QED) is 0.652. The molecule has 0 aromatic heterocycles. The number of rotatable bonds is 7. The molecule has 1 atom stereocenters. The summed E-state index contributed by atoms with van der Waals surface area (Å²) in [7, 11) is 5.47. The van der Waals surface area contributed by atoms with E-state index >= 15 is 0 Å². The number of ether oxygens (including phenoxy) is 1. The molecule has 3 rings (SSSR count). The van der Waals surface area contributed by atoms with Crippen LogP contribution in [0, 0.1) is 11.3 Å². The summed E-state index contributed by atoms with van der Waals surface area (Å²) in [5, 5.41) is 8.91. The van der Waals surface area contributed by atoms with E-state index in [9.17, 15) is 4.79 Å². The van der Waals surface area contributed by atoms with Crippen molar-refractivity contribution in [1.82, 2.24) is 14.7 Å². The third-order valence-corrected chi connectivity index (χ3v) is 5.52. The normalized spacial score (nSPS) is 16.1. The van der Waals surface area contributed by atoms with Gasteiger partial charge in [0.15, 0.2) is 0 Å². The van der Waals surface area contributed by atoms with Gasteiger partial charge in [-0.15, -0.1) is 0 Å². The Balaban J connectivity index is 1.46. The number of likely N-dealkylation sites (tertiary alicyclic amines) is 1. The van der Waals surface area contributed by atoms with Crippen LogP contribution in [0.25, 0.3) is 11.1 Å². The summed E-state index contributed by atoms with van der Waals surface area (Å²) in [4.78, 5) is 18.1. The van der Waals surface area contributed by atoms with Crippen LogP contribution in [0.1, 0.15) is 24.8 Å². The highest BCUT2D eigenvalue weighted by Crippen LogP contribution is 2.23. The molecule has 2 aromatic rings. The molecule has 0 bridgehead atoms. The average molecular weight is 407 g/mol. The van der Waals surface area contributed by atoms with Crippen LogP contribution >= 0.6 is 0 Å². The average Bonchev–Trinajstić information content (AvgIpc) is 3.24. The predicted molar refractivity (Wildman–Crippen MR) is 118 cm³/mol. The van der Waals surface area contributed by atoms with Crippen molar-refractivity contribution >= 4 is 6.03 Å². The standard InChI is InChI=1S/C24H30N4O2/c1-26(2)24(29)27(3)23-6-4-15-28(23)16-5-17-30-22-13-11-21(12-14-22)20-9-7-19(18-25)8-10-20/h7-14,23H,4-6,15-17H2,1-3H3. The Hall–Kier alpha value is -3.04. The summed E-state index contributed by atoms with van der Waals surface area (Å²) in [5.74, 6) is 0.852. The Bertz CT molecular complexity index is 872. The lowest BCUT2D eigenvalue weighted by molar-refractivity contribution is 0.0953. The summed E-state index contributed by atoms with van der Waals surface area (Å²) in [5.41, 5.74) is 2.84. The zero-order chi connectivity index (χ0) is 21.5. The second-order valence-electron chi connectivity index (χ2n) is 7.86. The van der Waals surface area contributed by atoms with Gasteiger partial charge in [0.1, 0.15) is 5.75 Å². The number of benzene rings is 2. The van der Waals surface area contributed by atoms with Gasteiger partial charge in [0.05, 0.1) is 24.4 Å². The first-order chi connectivity index (χ1) is 14.5. The van der Waals surface area contributed by atoms with Crippen LogP contribution in [0.5, 0.6) is 5.75 Å². The van der Waals surface area contributed by atoms with Gasteiger partial charge in [-0.1, -0.05) is 24.3 Å². The molecule has 0 spiro atoms. The van der Waals surface area contributed by atoms with E-state index in [-0.39, 0.29) is 12.2 Å². The van der Waals surface area contributed by atoms with Crippen LogP contribution in [0.15, 0.2) is 48.5 Å². The highest BCUT2D eigenvalue weighted by molar-refractivity contribution is 5.73. The van der Waals surface area contributed by atoms with Crippen molar-refractivity contribution in [2.24, 2.45) is 0 Å². The monoisotopic (exact) mass is 406 g/mol. The molecule has 30 heavy (non-hydrogen) atoms. The number of carbonyl (C=O) groups excluding carboxylic acids is 1. The van der Waals surface area contributed by atoms with E-state index in [1.54, 1.807) is 19.0 Å². The van der Waals surface area contributed by atoms with Crippen LogP contribution in [0.2, 0.25) is 0 Å². The number of hydrogen-bond acceptors (Lipinski definition) is 4. The molecule has 6 heteroatoms. The van der Waals surface area contributed by atoms with Gasteiger partial charge < -0.3 is 14.5 Å². The van der Waals surface area contributed by atoms with Crippen molar-refractivity contribution in [1.29, 1.82) is 5.26 Å². The molecule has 1 unspecified atom stereocenters. The first-order valence-corrected chi connectivity index (χ1v) is 10.4. The fourth-order valence-corrected chi connectivity index (χ4v) is 3.89. The van der Waals surface area contributed by atoms with E-state index in [1.807, 2.05) is 60.5 Å². The van der Waals surface area contributed by atoms with Gasteiger partial charge in [-0.3, -0.25) is 4.90 Å². The molecular weight excluding hydrogens is 376 g/mol. The van der Waals surface area contributed by atoms with E-state index in [2.05, 4.69) is 11.0 Å². The van der Waals surface area contributed by atoms with Crippen LogP contribution < -0.4 is 4.74 Å². The van der Waals surface area contributed by atoms with Gasteiger partial charge in [-0.25, -0.2) is 4.79 Å². The third kappa shape index (κ3) is 5.31. The molecule has 0 N–H and O–H groups in total. The summed E-state index contributed by atoms with van der Waals surface area (Å²) in [6.07, 6.45) is 3.23. The lowest BCUT2D eigenvalue weighted by Crippen LogP contribution is -2.49. The molecule has 2 aromatic carbocycles. The van der Waals surface area contributed by atoms with Crippen LogP contribution in [-0.2, 0) is 0 Å². The number of urea groups is 1. The van der Waals surface area contributed by atoms with Crippen LogP contribution in [0.4, 0.5) is 4.79 Å². The molecule has 1 saturated heterocycles. The van der Waals surface area contributed by atoms with Crippen molar-refractivity contribution in [3.05, 3.63) is 54.1 Å². The van der Waals surface area contributed by atoms with E-state index in [0.717, 1.165) is 49.2 Å². The number of hydrogen-bond donors (Lipinski definition) is 0. The van der Waals surface area contributed by atoms with E-state index in [0.29, 0.717) is 12.2 Å². The molecule has 2 amide bonds. The summed E-state index contributed by atoms with van der Waals surface area (Å²) >= 11 is 0. The fourth-order valence-electron chi connectivity index (χ4n) is 3.89. The smallest absolute Gasteiger partial charge is 0.320 e. The van der Waals surface area contributed by atoms with Crippen LogP contribution in [-0.4, -0.2) is 67.7 Å². The van der Waals surface area contributed by atoms with Gasteiger partial charge in [0, 0.05) is 34.2 Å². The second-order valence-corrected chi connectivity index (χ2v) is 7.86. The van der Waals surface area contributed by atoms with Crippen molar-refractivity contribution in [2.45, 2.75) is 25.4 Å². The maximum atomic E-state index is 12.2. The topological polar surface area (TPSA) is 59.8 Å². The largest absolute Gasteiger partial charge is 0.494 e. The molecule has 0 saturated carbocycles. The maximum Gasteiger partial charge on any atom is 0.320 e.